The highest BCUT2D eigenvalue weighted by Gasteiger charge is 1.86. The maximum absolute atomic E-state index is 5.65. The molecule has 4 N–H and O–H groups in total. The van der Waals surface area contributed by atoms with E-state index in [-0.39, 0.29) is 0 Å². The Hall–Kier alpha value is -2.84. The number of anilines is 2. The largest absolute Gasteiger partial charge is 0.399 e. The van der Waals surface area contributed by atoms with Gasteiger partial charge in [-0.15, -0.1) is 0 Å². The van der Waals surface area contributed by atoms with Gasteiger partial charge < -0.3 is 11.5 Å². The van der Waals surface area contributed by atoms with Gasteiger partial charge in [-0.25, -0.2) is 0 Å². The van der Waals surface area contributed by atoms with Crippen LogP contribution in [0.2, 0.25) is 0 Å². The Bertz CT molecular complexity index is 662. The van der Waals surface area contributed by atoms with Crippen LogP contribution in [0.15, 0.2) is 48.5 Å². The summed E-state index contributed by atoms with van der Waals surface area (Å²) in [6.45, 7) is 0. The second kappa shape index (κ2) is 5.48. The number of rotatable bonds is 0. The fraction of sp³-hybridized carbons (Fsp3) is 0. The van der Waals surface area contributed by atoms with Gasteiger partial charge in [0.1, 0.15) is 0 Å². The maximum atomic E-state index is 5.65. The monoisotopic (exact) mass is 232 g/mol. The van der Waals surface area contributed by atoms with Crippen molar-refractivity contribution in [3.63, 3.8) is 0 Å². The molecule has 0 aromatic heterocycles. The Morgan fingerprint density at radius 1 is 0.667 bits per heavy atom. The van der Waals surface area contributed by atoms with Gasteiger partial charge in [0.25, 0.3) is 0 Å². The smallest absolute Gasteiger partial charge is 0.0326 e. The van der Waals surface area contributed by atoms with Gasteiger partial charge in [-0.1, -0.05) is 17.9 Å². The van der Waals surface area contributed by atoms with Crippen LogP contribution in [-0.4, -0.2) is 0 Å². The molecule has 0 radical (unpaired) electrons. The third kappa shape index (κ3) is 3.33. The van der Waals surface area contributed by atoms with Crippen molar-refractivity contribution in [1.29, 1.82) is 0 Å². The lowest BCUT2D eigenvalue weighted by molar-refractivity contribution is 1.63. The van der Waals surface area contributed by atoms with Gasteiger partial charge in [0.2, 0.25) is 0 Å². The molecule has 2 rings (SSSR count). The predicted molar refractivity (Wildman–Crippen MR) is 75.5 cm³/mol. The molecule has 86 valence electrons. The standard InChI is InChI=1S/C16H12N2/c17-15-10-8-13(9-11-15)4-1-2-5-14-6-3-7-16(18)12-14/h3,6-12H,17-18H2. The number of benzene rings is 2. The summed E-state index contributed by atoms with van der Waals surface area (Å²) >= 11 is 0. The van der Waals surface area contributed by atoms with E-state index in [1.165, 1.54) is 0 Å². The normalized spacial score (nSPS) is 8.67. The molecule has 0 unspecified atom stereocenters. The summed E-state index contributed by atoms with van der Waals surface area (Å²) in [5, 5.41) is 0. The molecule has 0 aliphatic heterocycles. The highest BCUT2D eigenvalue weighted by molar-refractivity contribution is 5.50. The molecule has 0 fully saturated rings. The van der Waals surface area contributed by atoms with Crippen molar-refractivity contribution in [2.45, 2.75) is 0 Å². The van der Waals surface area contributed by atoms with Crippen molar-refractivity contribution in [2.75, 3.05) is 11.5 Å². The van der Waals surface area contributed by atoms with Crippen LogP contribution in [0, 0.1) is 23.7 Å². The molecule has 0 atom stereocenters. The minimum absolute atomic E-state index is 0.702. The Morgan fingerprint density at radius 2 is 1.33 bits per heavy atom. The molecule has 2 aromatic carbocycles. The first kappa shape index (κ1) is 11.6. The van der Waals surface area contributed by atoms with E-state index in [2.05, 4.69) is 23.7 Å². The van der Waals surface area contributed by atoms with E-state index in [1.807, 2.05) is 48.5 Å². The van der Waals surface area contributed by atoms with E-state index in [0.29, 0.717) is 5.69 Å². The Labute approximate surface area is 107 Å². The zero-order chi connectivity index (χ0) is 12.8. The second-order valence-electron chi connectivity index (χ2n) is 3.75. The summed E-state index contributed by atoms with van der Waals surface area (Å²) in [7, 11) is 0. The van der Waals surface area contributed by atoms with E-state index in [1.54, 1.807) is 0 Å². The number of nitrogens with two attached hydrogens (primary N) is 2. The van der Waals surface area contributed by atoms with Gasteiger partial charge in [-0.3, -0.25) is 0 Å². The van der Waals surface area contributed by atoms with Crippen molar-refractivity contribution in [2.24, 2.45) is 0 Å². The number of hydrogen-bond donors (Lipinski definition) is 2. The average Bonchev–Trinajstić information content (AvgIpc) is 2.37. The van der Waals surface area contributed by atoms with E-state index in [9.17, 15) is 0 Å². The molecular formula is C16H12N2. The molecule has 0 spiro atoms. The molecule has 0 amide bonds. The topological polar surface area (TPSA) is 52.0 Å². The van der Waals surface area contributed by atoms with Crippen LogP contribution in [0.3, 0.4) is 0 Å². The SMILES string of the molecule is Nc1ccc(C#CC#Cc2cccc(N)c2)cc1. The highest BCUT2D eigenvalue weighted by Crippen LogP contribution is 2.04. The minimum Gasteiger partial charge on any atom is -0.399 e. The quantitative estimate of drug-likeness (QED) is 0.540. The summed E-state index contributed by atoms with van der Waals surface area (Å²) in [4.78, 5) is 0. The van der Waals surface area contributed by atoms with Gasteiger partial charge in [-0.2, -0.15) is 0 Å². The first-order valence-electron chi connectivity index (χ1n) is 5.47. The first-order valence-corrected chi connectivity index (χ1v) is 5.47. The second-order valence-corrected chi connectivity index (χ2v) is 3.75. The van der Waals surface area contributed by atoms with Crippen LogP contribution in [0.25, 0.3) is 0 Å². The lowest BCUT2D eigenvalue weighted by Crippen LogP contribution is -1.84. The fourth-order valence-corrected chi connectivity index (χ4v) is 1.39. The number of nitrogen functional groups attached to an aromatic ring is 2. The van der Waals surface area contributed by atoms with Crippen molar-refractivity contribution in [3.8, 4) is 23.7 Å². The summed E-state index contributed by atoms with van der Waals surface area (Å²) in [5.41, 5.74) is 14.4. The Kier molecular flexibility index (Phi) is 3.54. The third-order valence-electron chi connectivity index (χ3n) is 2.27. The van der Waals surface area contributed by atoms with Gasteiger partial charge in [0.05, 0.1) is 0 Å². The lowest BCUT2D eigenvalue weighted by Gasteiger charge is -1.91. The van der Waals surface area contributed by atoms with Crippen LogP contribution in [0.1, 0.15) is 11.1 Å². The predicted octanol–water partition coefficient (Wildman–Crippen LogP) is 2.25. The van der Waals surface area contributed by atoms with Crippen molar-refractivity contribution in [1.82, 2.24) is 0 Å². The molecule has 2 nitrogen and oxygen atoms in total. The van der Waals surface area contributed by atoms with E-state index >= 15 is 0 Å². The van der Waals surface area contributed by atoms with Crippen molar-refractivity contribution < 1.29 is 0 Å². The maximum Gasteiger partial charge on any atom is 0.0326 e. The molecule has 0 aliphatic rings. The number of hydrogen-bond acceptors (Lipinski definition) is 2. The molecule has 0 aliphatic carbocycles. The van der Waals surface area contributed by atoms with Gasteiger partial charge in [0, 0.05) is 22.5 Å². The molecule has 0 heterocycles. The Balaban J connectivity index is 2.11. The molecule has 0 saturated heterocycles. The molecule has 0 bridgehead atoms. The van der Waals surface area contributed by atoms with Gasteiger partial charge in [-0.05, 0) is 54.3 Å². The van der Waals surface area contributed by atoms with Crippen LogP contribution in [-0.2, 0) is 0 Å². The third-order valence-corrected chi connectivity index (χ3v) is 2.27. The molecule has 2 aromatic rings. The van der Waals surface area contributed by atoms with E-state index < -0.39 is 0 Å². The molecule has 18 heavy (non-hydrogen) atoms. The van der Waals surface area contributed by atoms with Gasteiger partial charge in [0.15, 0.2) is 0 Å². The summed E-state index contributed by atoms with van der Waals surface area (Å²) in [5.74, 6) is 11.5. The van der Waals surface area contributed by atoms with Crippen molar-refractivity contribution in [3.05, 3.63) is 59.7 Å². The van der Waals surface area contributed by atoms with Gasteiger partial charge >= 0.3 is 0 Å². The van der Waals surface area contributed by atoms with E-state index in [0.717, 1.165) is 16.8 Å². The molecule has 0 saturated carbocycles. The minimum atomic E-state index is 0.702. The Morgan fingerprint density at radius 3 is 2.00 bits per heavy atom. The summed E-state index contributed by atoms with van der Waals surface area (Å²) in [6, 6.07) is 14.8. The summed E-state index contributed by atoms with van der Waals surface area (Å²) < 4.78 is 0. The lowest BCUT2D eigenvalue weighted by atomic mass is 10.2. The van der Waals surface area contributed by atoms with Crippen LogP contribution in [0.5, 0.6) is 0 Å². The average molecular weight is 232 g/mol. The zero-order valence-electron chi connectivity index (χ0n) is 9.77. The summed E-state index contributed by atoms with van der Waals surface area (Å²) in [6.07, 6.45) is 0. The van der Waals surface area contributed by atoms with E-state index in [4.69, 9.17) is 11.5 Å². The fourth-order valence-electron chi connectivity index (χ4n) is 1.39. The zero-order valence-corrected chi connectivity index (χ0v) is 9.77. The molecule has 2 heteroatoms. The van der Waals surface area contributed by atoms with Crippen molar-refractivity contribution >= 4 is 11.4 Å². The van der Waals surface area contributed by atoms with Crippen LogP contribution < -0.4 is 11.5 Å². The first-order chi connectivity index (χ1) is 8.74. The van der Waals surface area contributed by atoms with Crippen LogP contribution in [0.4, 0.5) is 11.4 Å². The van der Waals surface area contributed by atoms with Crippen LogP contribution >= 0.6 is 0 Å². The molecular weight excluding hydrogens is 220 g/mol. The highest BCUT2D eigenvalue weighted by atomic mass is 14.5.